The molecule has 0 spiro atoms. The predicted molar refractivity (Wildman–Crippen MR) is 286 cm³/mol. The lowest BCUT2D eigenvalue weighted by Gasteiger charge is -2.46. The van der Waals surface area contributed by atoms with Crippen molar-refractivity contribution in [1.29, 1.82) is 0 Å². The fourth-order valence-electron chi connectivity index (χ4n) is 9.28. The number of nitrogens with one attached hydrogen (secondary N) is 1. The van der Waals surface area contributed by atoms with Gasteiger partial charge in [0.2, 0.25) is 5.91 Å². The molecule has 2 fully saturated rings. The van der Waals surface area contributed by atoms with E-state index in [9.17, 15) is 45.6 Å². The van der Waals surface area contributed by atoms with Crippen molar-refractivity contribution in [3.8, 4) is 0 Å². The van der Waals surface area contributed by atoms with Crippen molar-refractivity contribution < 1.29 is 64.6 Å². The molecular formula is C58H105NO13. The third-order valence-electron chi connectivity index (χ3n) is 14.0. The van der Waals surface area contributed by atoms with Gasteiger partial charge in [0.15, 0.2) is 12.6 Å². The SMILES string of the molecule is CCCCC/C=C\C/C=C\CCCCCCCCCCCC(=O)NC(COC1OC(CO)C(OC2OC(CO)C(O)C(O)C2O)C(O)C1O)C(O)/C=C/CC/C=C/CCCCCCCCCCCCCCC. The van der Waals surface area contributed by atoms with Gasteiger partial charge in [0, 0.05) is 6.42 Å². The highest BCUT2D eigenvalue weighted by atomic mass is 16.7. The first-order chi connectivity index (χ1) is 35.1. The second-order valence-corrected chi connectivity index (χ2v) is 20.4. The van der Waals surface area contributed by atoms with Crippen LogP contribution in [0.4, 0.5) is 0 Å². The molecule has 14 heteroatoms. The molecule has 2 saturated heterocycles. The summed E-state index contributed by atoms with van der Waals surface area (Å²) in [5.74, 6) is -0.254. The van der Waals surface area contributed by atoms with E-state index in [1.807, 2.05) is 6.08 Å². The van der Waals surface area contributed by atoms with Gasteiger partial charge in [-0.15, -0.1) is 0 Å². The Kier molecular flexibility index (Phi) is 40.5. The Hall–Kier alpha value is -2.05. The standard InChI is InChI=1S/C58H105NO13/c1-3-5-7-9-11-13-15-17-19-21-23-25-27-29-31-33-35-37-39-41-47(62)46(59-50(63)42-40-38-36-34-32-30-28-26-24-22-20-18-16-14-12-10-8-6-4-2)45-69-57-55(68)53(66)56(49(44-61)71-57)72-58-54(67)52(65)51(64)48(43-60)70-58/h12,14,18,20,31,33,39,41,46-49,51-58,60-62,64-68H,3-11,13,15-17,19,21-30,32,34-38,40,42-45H2,1-2H3,(H,59,63)/b14-12-,20-18-,33-31+,41-39+. The molecule has 72 heavy (non-hydrogen) atoms. The first-order valence-electron chi connectivity index (χ1n) is 28.9. The van der Waals surface area contributed by atoms with Crippen LogP contribution >= 0.6 is 0 Å². The number of hydrogen-bond acceptors (Lipinski definition) is 13. The summed E-state index contributed by atoms with van der Waals surface area (Å²) in [7, 11) is 0. The highest BCUT2D eigenvalue weighted by Crippen LogP contribution is 2.30. The van der Waals surface area contributed by atoms with Crippen molar-refractivity contribution in [2.75, 3.05) is 19.8 Å². The Morgan fingerprint density at radius 1 is 0.500 bits per heavy atom. The fraction of sp³-hybridized carbons (Fsp3) is 0.845. The largest absolute Gasteiger partial charge is 0.394 e. The number of allylic oxidation sites excluding steroid dienone is 7. The summed E-state index contributed by atoms with van der Waals surface area (Å²) in [5, 5.41) is 87.0. The third-order valence-corrected chi connectivity index (χ3v) is 14.0. The maximum absolute atomic E-state index is 13.2. The van der Waals surface area contributed by atoms with Gasteiger partial charge in [0.25, 0.3) is 0 Å². The van der Waals surface area contributed by atoms with Gasteiger partial charge < -0.3 is 65.1 Å². The summed E-state index contributed by atoms with van der Waals surface area (Å²) < 4.78 is 22.7. The van der Waals surface area contributed by atoms with Crippen molar-refractivity contribution >= 4 is 5.91 Å². The van der Waals surface area contributed by atoms with E-state index in [4.69, 9.17) is 18.9 Å². The minimum Gasteiger partial charge on any atom is -0.394 e. The Bertz CT molecular complexity index is 1390. The first-order valence-corrected chi connectivity index (χ1v) is 28.9. The first kappa shape index (κ1) is 66.1. The van der Waals surface area contributed by atoms with Gasteiger partial charge in [-0.2, -0.15) is 0 Å². The second-order valence-electron chi connectivity index (χ2n) is 20.4. The van der Waals surface area contributed by atoms with Crippen LogP contribution in [-0.2, 0) is 23.7 Å². The molecule has 0 saturated carbocycles. The van der Waals surface area contributed by atoms with Crippen molar-refractivity contribution in [2.24, 2.45) is 0 Å². The molecule has 2 heterocycles. The van der Waals surface area contributed by atoms with Crippen LogP contribution in [0.3, 0.4) is 0 Å². The fourth-order valence-corrected chi connectivity index (χ4v) is 9.28. The van der Waals surface area contributed by atoms with Crippen LogP contribution in [0.25, 0.3) is 0 Å². The highest BCUT2D eigenvalue weighted by Gasteiger charge is 2.51. The van der Waals surface area contributed by atoms with E-state index in [-0.39, 0.29) is 18.9 Å². The number of carbonyl (C=O) groups excluding carboxylic acids is 1. The molecule has 0 aliphatic carbocycles. The van der Waals surface area contributed by atoms with Crippen molar-refractivity contribution in [1.82, 2.24) is 5.32 Å². The Balaban J connectivity index is 1.81. The van der Waals surface area contributed by atoms with E-state index >= 15 is 0 Å². The number of ether oxygens (including phenoxy) is 4. The molecule has 12 atom stereocenters. The van der Waals surface area contributed by atoms with Gasteiger partial charge in [-0.05, 0) is 64.2 Å². The molecule has 1 amide bonds. The van der Waals surface area contributed by atoms with Crippen LogP contribution in [0.15, 0.2) is 48.6 Å². The van der Waals surface area contributed by atoms with Crippen LogP contribution < -0.4 is 5.32 Å². The van der Waals surface area contributed by atoms with Crippen LogP contribution in [0, 0.1) is 0 Å². The molecule has 0 aromatic heterocycles. The summed E-state index contributed by atoms with van der Waals surface area (Å²) in [5.41, 5.74) is 0. The molecule has 14 nitrogen and oxygen atoms in total. The van der Waals surface area contributed by atoms with Crippen molar-refractivity contribution in [3.05, 3.63) is 48.6 Å². The zero-order valence-corrected chi connectivity index (χ0v) is 44.9. The molecular weight excluding hydrogens is 919 g/mol. The summed E-state index contributed by atoms with van der Waals surface area (Å²) in [4.78, 5) is 13.2. The molecule has 2 rings (SSSR count). The Morgan fingerprint density at radius 2 is 0.931 bits per heavy atom. The number of hydrogen-bond donors (Lipinski definition) is 9. The lowest BCUT2D eigenvalue weighted by Crippen LogP contribution is -2.65. The molecule has 0 bridgehead atoms. The Morgan fingerprint density at radius 3 is 1.47 bits per heavy atom. The Labute approximate surface area is 435 Å². The van der Waals surface area contributed by atoms with Gasteiger partial charge in [0.1, 0.15) is 48.8 Å². The maximum Gasteiger partial charge on any atom is 0.220 e. The molecule has 0 aromatic rings. The van der Waals surface area contributed by atoms with Gasteiger partial charge in [-0.3, -0.25) is 4.79 Å². The van der Waals surface area contributed by atoms with Crippen molar-refractivity contribution in [3.63, 3.8) is 0 Å². The van der Waals surface area contributed by atoms with E-state index in [2.05, 4.69) is 55.6 Å². The van der Waals surface area contributed by atoms with E-state index in [1.54, 1.807) is 6.08 Å². The summed E-state index contributed by atoms with van der Waals surface area (Å²) in [6, 6.07) is -0.934. The average Bonchev–Trinajstić information content (AvgIpc) is 3.38. The molecule has 2 aliphatic heterocycles. The van der Waals surface area contributed by atoms with Gasteiger partial charge in [-0.25, -0.2) is 0 Å². The minimum atomic E-state index is -1.79. The average molecular weight is 1020 g/mol. The van der Waals surface area contributed by atoms with Crippen LogP contribution in [0.1, 0.15) is 219 Å². The van der Waals surface area contributed by atoms with Gasteiger partial charge in [-0.1, -0.05) is 197 Å². The lowest BCUT2D eigenvalue weighted by molar-refractivity contribution is -0.359. The monoisotopic (exact) mass is 1020 g/mol. The molecule has 0 aromatic carbocycles. The van der Waals surface area contributed by atoms with E-state index < -0.39 is 86.8 Å². The van der Waals surface area contributed by atoms with Crippen molar-refractivity contribution in [2.45, 2.75) is 293 Å². The summed E-state index contributed by atoms with van der Waals surface area (Å²) in [6.07, 6.45) is 37.1. The van der Waals surface area contributed by atoms with E-state index in [1.165, 1.54) is 141 Å². The smallest absolute Gasteiger partial charge is 0.220 e. The zero-order chi connectivity index (χ0) is 52.4. The number of rotatable bonds is 45. The van der Waals surface area contributed by atoms with E-state index in [0.717, 1.165) is 44.9 Å². The zero-order valence-electron chi connectivity index (χ0n) is 44.9. The van der Waals surface area contributed by atoms with Crippen LogP contribution in [0.5, 0.6) is 0 Å². The molecule has 2 aliphatic rings. The van der Waals surface area contributed by atoms with Gasteiger partial charge >= 0.3 is 0 Å². The summed E-state index contributed by atoms with van der Waals surface area (Å²) >= 11 is 0. The predicted octanol–water partition coefficient (Wildman–Crippen LogP) is 9.22. The molecule has 0 radical (unpaired) electrons. The lowest BCUT2D eigenvalue weighted by atomic mass is 9.97. The van der Waals surface area contributed by atoms with Crippen LogP contribution in [-0.4, -0.2) is 140 Å². The minimum absolute atomic E-state index is 0.254. The second kappa shape index (κ2) is 44.1. The maximum atomic E-state index is 13.2. The topological polar surface area (TPSA) is 228 Å². The number of carbonyl (C=O) groups is 1. The highest BCUT2D eigenvalue weighted by molar-refractivity contribution is 5.76. The number of unbranched alkanes of at least 4 members (excludes halogenated alkanes) is 26. The van der Waals surface area contributed by atoms with E-state index in [0.29, 0.717) is 12.8 Å². The molecule has 9 N–H and O–H groups in total. The summed E-state index contributed by atoms with van der Waals surface area (Å²) in [6.45, 7) is 2.76. The number of amides is 1. The molecule has 12 unspecified atom stereocenters. The quantitative estimate of drug-likeness (QED) is 0.0205. The number of aliphatic hydroxyl groups is 8. The van der Waals surface area contributed by atoms with Crippen LogP contribution in [0.2, 0.25) is 0 Å². The van der Waals surface area contributed by atoms with Gasteiger partial charge in [0.05, 0.1) is 32.0 Å². The number of aliphatic hydroxyl groups excluding tert-OH is 8. The molecule has 420 valence electrons. The third kappa shape index (κ3) is 29.9. The normalized spacial score (nSPS) is 25.9.